The summed E-state index contributed by atoms with van der Waals surface area (Å²) in [5.74, 6) is 0. The minimum Gasteiger partial charge on any atom is -0.387 e. The lowest BCUT2D eigenvalue weighted by atomic mass is 9.90. The van der Waals surface area contributed by atoms with Crippen LogP contribution in [0.3, 0.4) is 0 Å². The van der Waals surface area contributed by atoms with E-state index in [0.29, 0.717) is 0 Å². The zero-order valence-electron chi connectivity index (χ0n) is 8.00. The van der Waals surface area contributed by atoms with Crippen molar-refractivity contribution < 1.29 is 5.11 Å². The second-order valence-corrected chi connectivity index (χ2v) is 3.92. The Morgan fingerprint density at radius 1 is 1.36 bits per heavy atom. The van der Waals surface area contributed by atoms with Gasteiger partial charge in [-0.05, 0) is 5.41 Å². The lowest BCUT2D eigenvalue weighted by molar-refractivity contribution is 0.125. The van der Waals surface area contributed by atoms with Crippen LogP contribution < -0.4 is 0 Å². The van der Waals surface area contributed by atoms with Gasteiger partial charge in [0.05, 0.1) is 12.3 Å². The molecule has 0 amide bonds. The van der Waals surface area contributed by atoms with Crippen LogP contribution in [0.4, 0.5) is 0 Å². The Bertz CT molecular complexity index is 136. The quantitative estimate of drug-likeness (QED) is 0.479. The molecule has 0 saturated heterocycles. The van der Waals surface area contributed by atoms with Gasteiger partial charge < -0.3 is 10.1 Å². The van der Waals surface area contributed by atoms with Gasteiger partial charge in [0.15, 0.2) is 0 Å². The lowest BCUT2D eigenvalue weighted by Gasteiger charge is -2.22. The third-order valence-corrected chi connectivity index (χ3v) is 1.33. The second kappa shape index (κ2) is 3.72. The third-order valence-electron chi connectivity index (χ3n) is 1.33. The average Bonchev–Trinajstić information content (AvgIpc) is 1.80. The number of aliphatic hydroxyl groups is 1. The molecule has 0 fully saturated rings. The maximum absolute atomic E-state index is 9.46. The Morgan fingerprint density at radius 2 is 1.82 bits per heavy atom. The second-order valence-electron chi connectivity index (χ2n) is 3.92. The average molecular weight is 158 g/mol. The van der Waals surface area contributed by atoms with Crippen LogP contribution in [0.15, 0.2) is 5.10 Å². The van der Waals surface area contributed by atoms with E-state index in [2.05, 4.69) is 5.10 Å². The maximum Gasteiger partial charge on any atom is 0.0956 e. The van der Waals surface area contributed by atoms with Crippen molar-refractivity contribution in [2.75, 3.05) is 14.1 Å². The van der Waals surface area contributed by atoms with Crippen molar-refractivity contribution in [2.24, 2.45) is 10.5 Å². The van der Waals surface area contributed by atoms with E-state index < -0.39 is 6.10 Å². The SMILES string of the molecule is CN(C)N=CC(O)C(C)(C)C. The molecule has 66 valence electrons. The molecule has 0 heterocycles. The summed E-state index contributed by atoms with van der Waals surface area (Å²) in [4.78, 5) is 0. The Hall–Kier alpha value is -0.570. The van der Waals surface area contributed by atoms with E-state index in [9.17, 15) is 5.11 Å². The van der Waals surface area contributed by atoms with E-state index in [1.807, 2.05) is 34.9 Å². The monoisotopic (exact) mass is 158 g/mol. The van der Waals surface area contributed by atoms with Gasteiger partial charge in [-0.15, -0.1) is 0 Å². The molecule has 3 nitrogen and oxygen atoms in total. The van der Waals surface area contributed by atoms with Gasteiger partial charge in [0.2, 0.25) is 0 Å². The number of hydrazone groups is 1. The summed E-state index contributed by atoms with van der Waals surface area (Å²) in [6, 6.07) is 0. The maximum atomic E-state index is 9.46. The van der Waals surface area contributed by atoms with Crippen LogP contribution in [0.2, 0.25) is 0 Å². The number of nitrogens with zero attached hydrogens (tertiary/aromatic N) is 2. The fourth-order valence-corrected chi connectivity index (χ4v) is 0.420. The number of hydrogen-bond acceptors (Lipinski definition) is 3. The van der Waals surface area contributed by atoms with Crippen LogP contribution in [0.1, 0.15) is 20.8 Å². The van der Waals surface area contributed by atoms with Crippen LogP contribution in [0, 0.1) is 5.41 Å². The minimum absolute atomic E-state index is 0.125. The highest BCUT2D eigenvalue weighted by molar-refractivity contribution is 5.63. The first-order valence-corrected chi connectivity index (χ1v) is 3.73. The summed E-state index contributed by atoms with van der Waals surface area (Å²) >= 11 is 0. The Morgan fingerprint density at radius 3 is 2.09 bits per heavy atom. The Labute approximate surface area is 68.7 Å². The highest BCUT2D eigenvalue weighted by atomic mass is 16.3. The molecule has 1 N–H and O–H groups in total. The van der Waals surface area contributed by atoms with Crippen LogP contribution in [0.25, 0.3) is 0 Å². The molecule has 0 aromatic carbocycles. The molecule has 11 heavy (non-hydrogen) atoms. The van der Waals surface area contributed by atoms with Gasteiger partial charge in [0.25, 0.3) is 0 Å². The number of aliphatic hydroxyl groups excluding tert-OH is 1. The zero-order valence-corrected chi connectivity index (χ0v) is 8.00. The summed E-state index contributed by atoms with van der Waals surface area (Å²) < 4.78 is 0. The standard InChI is InChI=1S/C8H18N2O/c1-8(2,3)7(11)6-9-10(4)5/h6-7,11H,1-5H3. The Balaban J connectivity index is 3.97. The van der Waals surface area contributed by atoms with Crippen LogP contribution >= 0.6 is 0 Å². The highest BCUT2D eigenvalue weighted by Gasteiger charge is 2.19. The zero-order chi connectivity index (χ0) is 9.07. The minimum atomic E-state index is -0.482. The van der Waals surface area contributed by atoms with Crippen molar-refractivity contribution in [1.29, 1.82) is 0 Å². The van der Waals surface area contributed by atoms with Gasteiger partial charge in [-0.1, -0.05) is 20.8 Å². The highest BCUT2D eigenvalue weighted by Crippen LogP contribution is 2.17. The van der Waals surface area contributed by atoms with Crippen molar-refractivity contribution >= 4 is 6.21 Å². The first-order valence-electron chi connectivity index (χ1n) is 3.73. The molecule has 0 bridgehead atoms. The van der Waals surface area contributed by atoms with E-state index in [0.717, 1.165) is 0 Å². The smallest absolute Gasteiger partial charge is 0.0956 e. The normalized spacial score (nSPS) is 15.5. The number of rotatable bonds is 2. The molecule has 0 radical (unpaired) electrons. The molecule has 0 aliphatic carbocycles. The van der Waals surface area contributed by atoms with Crippen molar-refractivity contribution in [1.82, 2.24) is 5.01 Å². The van der Waals surface area contributed by atoms with Crippen molar-refractivity contribution in [3.63, 3.8) is 0 Å². The lowest BCUT2D eigenvalue weighted by Crippen LogP contribution is -2.28. The van der Waals surface area contributed by atoms with E-state index in [-0.39, 0.29) is 5.41 Å². The van der Waals surface area contributed by atoms with Crippen LogP contribution in [-0.2, 0) is 0 Å². The fourth-order valence-electron chi connectivity index (χ4n) is 0.420. The molecule has 0 rings (SSSR count). The first kappa shape index (κ1) is 10.4. The molecular weight excluding hydrogens is 140 g/mol. The molecule has 0 aliphatic rings. The van der Waals surface area contributed by atoms with Crippen molar-refractivity contribution in [3.05, 3.63) is 0 Å². The van der Waals surface area contributed by atoms with E-state index in [1.165, 1.54) is 0 Å². The van der Waals surface area contributed by atoms with E-state index in [4.69, 9.17) is 0 Å². The van der Waals surface area contributed by atoms with Gasteiger partial charge in [0, 0.05) is 14.1 Å². The number of hydrogen-bond donors (Lipinski definition) is 1. The summed E-state index contributed by atoms with van der Waals surface area (Å²) in [6.45, 7) is 5.91. The first-order chi connectivity index (χ1) is 4.84. The molecule has 1 atom stereocenters. The predicted molar refractivity (Wildman–Crippen MR) is 47.6 cm³/mol. The van der Waals surface area contributed by atoms with Crippen LogP contribution in [-0.4, -0.2) is 36.5 Å². The van der Waals surface area contributed by atoms with Gasteiger partial charge >= 0.3 is 0 Å². The molecule has 0 saturated carbocycles. The summed E-state index contributed by atoms with van der Waals surface area (Å²) in [6.07, 6.45) is 1.07. The summed E-state index contributed by atoms with van der Waals surface area (Å²) in [5.41, 5.74) is -0.125. The molecule has 0 spiro atoms. The van der Waals surface area contributed by atoms with Crippen molar-refractivity contribution in [3.8, 4) is 0 Å². The molecule has 1 unspecified atom stereocenters. The topological polar surface area (TPSA) is 35.8 Å². The van der Waals surface area contributed by atoms with Gasteiger partial charge in [-0.2, -0.15) is 5.10 Å². The fraction of sp³-hybridized carbons (Fsp3) is 0.875. The largest absolute Gasteiger partial charge is 0.387 e. The third kappa shape index (κ3) is 4.79. The Kier molecular flexibility index (Phi) is 3.52. The summed E-state index contributed by atoms with van der Waals surface area (Å²) in [5, 5.41) is 15.1. The molecule has 0 aliphatic heterocycles. The predicted octanol–water partition coefficient (Wildman–Crippen LogP) is 0.941. The molecule has 0 aromatic heterocycles. The molecule has 0 aromatic rings. The van der Waals surface area contributed by atoms with Gasteiger partial charge in [0.1, 0.15) is 0 Å². The van der Waals surface area contributed by atoms with E-state index >= 15 is 0 Å². The van der Waals surface area contributed by atoms with Gasteiger partial charge in [-0.25, -0.2) is 0 Å². The van der Waals surface area contributed by atoms with Crippen molar-refractivity contribution in [2.45, 2.75) is 26.9 Å². The van der Waals surface area contributed by atoms with Crippen LogP contribution in [0.5, 0.6) is 0 Å². The van der Waals surface area contributed by atoms with E-state index in [1.54, 1.807) is 11.2 Å². The summed E-state index contributed by atoms with van der Waals surface area (Å²) in [7, 11) is 3.65. The molecular formula is C8H18N2O. The molecule has 3 heteroatoms. The van der Waals surface area contributed by atoms with Gasteiger partial charge in [-0.3, -0.25) is 0 Å².